The van der Waals surface area contributed by atoms with E-state index in [0.29, 0.717) is 5.69 Å². The molecule has 0 spiro atoms. The van der Waals surface area contributed by atoms with Gasteiger partial charge in [0.25, 0.3) is 0 Å². The standard InChI is InChI=1S/C13H11F2NO/c14-13(15,10-4-2-1-3-5-10)17-12-8-6-11(16)7-9-12/h1-9H,16H2. The van der Waals surface area contributed by atoms with Gasteiger partial charge in [0.1, 0.15) is 5.75 Å². The maximum Gasteiger partial charge on any atom is 0.426 e. The van der Waals surface area contributed by atoms with E-state index in [1.807, 2.05) is 0 Å². The molecule has 17 heavy (non-hydrogen) atoms. The first kappa shape index (κ1) is 11.4. The molecule has 4 heteroatoms. The summed E-state index contributed by atoms with van der Waals surface area (Å²) in [6.45, 7) is 0. The predicted molar refractivity (Wildman–Crippen MR) is 61.8 cm³/mol. The molecule has 2 N–H and O–H groups in total. The lowest BCUT2D eigenvalue weighted by molar-refractivity contribution is -0.185. The summed E-state index contributed by atoms with van der Waals surface area (Å²) in [6, 6.07) is 13.2. The van der Waals surface area contributed by atoms with Crippen LogP contribution in [-0.2, 0) is 6.11 Å². The number of halogens is 2. The lowest BCUT2D eigenvalue weighted by Gasteiger charge is -2.18. The number of alkyl halides is 2. The molecule has 0 heterocycles. The Morgan fingerprint density at radius 3 is 2.06 bits per heavy atom. The molecule has 2 aromatic rings. The van der Waals surface area contributed by atoms with Crippen molar-refractivity contribution in [1.29, 1.82) is 0 Å². The third-order valence-corrected chi connectivity index (χ3v) is 2.24. The van der Waals surface area contributed by atoms with Crippen LogP contribution in [0.3, 0.4) is 0 Å². The van der Waals surface area contributed by atoms with Crippen LogP contribution in [0.15, 0.2) is 54.6 Å². The Bertz CT molecular complexity index is 483. The summed E-state index contributed by atoms with van der Waals surface area (Å²) in [6.07, 6.45) is -3.35. The van der Waals surface area contributed by atoms with Crippen molar-refractivity contribution < 1.29 is 13.5 Å². The van der Waals surface area contributed by atoms with Crippen molar-refractivity contribution >= 4 is 5.69 Å². The second-order valence-corrected chi connectivity index (χ2v) is 3.55. The zero-order valence-electron chi connectivity index (χ0n) is 8.94. The first-order valence-electron chi connectivity index (χ1n) is 5.06. The highest BCUT2D eigenvalue weighted by Crippen LogP contribution is 2.31. The molecule has 0 radical (unpaired) electrons. The van der Waals surface area contributed by atoms with Crippen molar-refractivity contribution in [3.05, 3.63) is 60.2 Å². The molecule has 0 amide bonds. The van der Waals surface area contributed by atoms with Gasteiger partial charge in [0, 0.05) is 5.69 Å². The van der Waals surface area contributed by atoms with Crippen LogP contribution >= 0.6 is 0 Å². The van der Waals surface area contributed by atoms with Crippen molar-refractivity contribution in [1.82, 2.24) is 0 Å². The number of nitrogen functional groups attached to an aromatic ring is 1. The monoisotopic (exact) mass is 235 g/mol. The van der Waals surface area contributed by atoms with Gasteiger partial charge in [-0.25, -0.2) is 0 Å². The van der Waals surface area contributed by atoms with E-state index >= 15 is 0 Å². The quantitative estimate of drug-likeness (QED) is 0.827. The zero-order chi connectivity index (χ0) is 12.3. The Hall–Kier alpha value is -2.10. The largest absolute Gasteiger partial charge is 0.429 e. The molecule has 2 rings (SSSR count). The Balaban J connectivity index is 2.20. The highest BCUT2D eigenvalue weighted by atomic mass is 19.3. The van der Waals surface area contributed by atoms with Gasteiger partial charge in [-0.2, -0.15) is 8.78 Å². The van der Waals surface area contributed by atoms with Crippen molar-refractivity contribution in [2.24, 2.45) is 0 Å². The highest BCUT2D eigenvalue weighted by Gasteiger charge is 2.34. The van der Waals surface area contributed by atoms with Crippen LogP contribution in [-0.4, -0.2) is 0 Å². The molecule has 0 saturated heterocycles. The molecule has 0 atom stereocenters. The Morgan fingerprint density at radius 2 is 1.47 bits per heavy atom. The third-order valence-electron chi connectivity index (χ3n) is 2.24. The van der Waals surface area contributed by atoms with Crippen molar-refractivity contribution in [3.63, 3.8) is 0 Å². The van der Waals surface area contributed by atoms with E-state index in [1.54, 1.807) is 6.07 Å². The fourth-order valence-electron chi connectivity index (χ4n) is 1.37. The first-order chi connectivity index (χ1) is 8.08. The van der Waals surface area contributed by atoms with Crippen LogP contribution in [0.25, 0.3) is 0 Å². The number of nitrogens with two attached hydrogens (primary N) is 1. The van der Waals surface area contributed by atoms with Gasteiger partial charge in [0.15, 0.2) is 0 Å². The van der Waals surface area contributed by atoms with E-state index in [-0.39, 0.29) is 11.3 Å². The first-order valence-corrected chi connectivity index (χ1v) is 5.06. The van der Waals surface area contributed by atoms with Crippen LogP contribution in [0.2, 0.25) is 0 Å². The van der Waals surface area contributed by atoms with Gasteiger partial charge in [-0.3, -0.25) is 0 Å². The Kier molecular flexibility index (Phi) is 2.95. The van der Waals surface area contributed by atoms with E-state index in [9.17, 15) is 8.78 Å². The molecule has 88 valence electrons. The number of ether oxygens (including phenoxy) is 1. The number of anilines is 1. The summed E-state index contributed by atoms with van der Waals surface area (Å²) >= 11 is 0. The van der Waals surface area contributed by atoms with E-state index in [1.165, 1.54) is 48.5 Å². The molecular weight excluding hydrogens is 224 g/mol. The number of hydrogen-bond donors (Lipinski definition) is 1. The summed E-state index contributed by atoms with van der Waals surface area (Å²) in [7, 11) is 0. The second kappa shape index (κ2) is 4.41. The molecule has 0 aliphatic rings. The molecule has 0 unspecified atom stereocenters. The summed E-state index contributed by atoms with van der Waals surface area (Å²) in [4.78, 5) is 0. The fourth-order valence-corrected chi connectivity index (χ4v) is 1.37. The molecule has 2 aromatic carbocycles. The van der Waals surface area contributed by atoms with Gasteiger partial charge >= 0.3 is 6.11 Å². The smallest absolute Gasteiger partial charge is 0.426 e. The summed E-state index contributed by atoms with van der Waals surface area (Å²) in [5.74, 6) is 0.0769. The fraction of sp³-hybridized carbons (Fsp3) is 0.0769. The normalized spacial score (nSPS) is 11.2. The predicted octanol–water partition coefficient (Wildman–Crippen LogP) is 3.40. The molecular formula is C13H11F2NO. The average molecular weight is 235 g/mol. The average Bonchev–Trinajstić information content (AvgIpc) is 2.33. The number of benzene rings is 2. The number of hydrogen-bond acceptors (Lipinski definition) is 2. The summed E-state index contributed by atoms with van der Waals surface area (Å²) in [5, 5.41) is 0. The lowest BCUT2D eigenvalue weighted by atomic mass is 10.2. The number of rotatable bonds is 3. The molecule has 0 fully saturated rings. The molecule has 0 saturated carbocycles. The Morgan fingerprint density at radius 1 is 0.882 bits per heavy atom. The minimum Gasteiger partial charge on any atom is -0.429 e. The van der Waals surface area contributed by atoms with Crippen molar-refractivity contribution in [3.8, 4) is 5.75 Å². The molecule has 0 aromatic heterocycles. The third kappa shape index (κ3) is 2.72. The van der Waals surface area contributed by atoms with Crippen molar-refractivity contribution in [2.45, 2.75) is 6.11 Å². The SMILES string of the molecule is Nc1ccc(OC(F)(F)c2ccccc2)cc1. The van der Waals surface area contributed by atoms with Crippen LogP contribution < -0.4 is 10.5 Å². The van der Waals surface area contributed by atoms with Crippen molar-refractivity contribution in [2.75, 3.05) is 5.73 Å². The minimum atomic E-state index is -3.35. The van der Waals surface area contributed by atoms with E-state index < -0.39 is 6.11 Å². The molecule has 0 aliphatic carbocycles. The molecule has 0 aliphatic heterocycles. The summed E-state index contributed by atoms with van der Waals surface area (Å²) in [5.41, 5.74) is 5.78. The lowest BCUT2D eigenvalue weighted by Crippen LogP contribution is -2.21. The highest BCUT2D eigenvalue weighted by molar-refractivity contribution is 5.41. The second-order valence-electron chi connectivity index (χ2n) is 3.55. The van der Waals surface area contributed by atoms with Gasteiger partial charge < -0.3 is 10.5 Å². The van der Waals surface area contributed by atoms with Crippen LogP contribution in [0.1, 0.15) is 5.56 Å². The van der Waals surface area contributed by atoms with Crippen LogP contribution in [0.4, 0.5) is 14.5 Å². The van der Waals surface area contributed by atoms with E-state index in [4.69, 9.17) is 5.73 Å². The van der Waals surface area contributed by atoms with E-state index in [2.05, 4.69) is 4.74 Å². The molecule has 0 bridgehead atoms. The topological polar surface area (TPSA) is 35.2 Å². The maximum absolute atomic E-state index is 13.7. The van der Waals surface area contributed by atoms with Gasteiger partial charge in [-0.15, -0.1) is 0 Å². The van der Waals surface area contributed by atoms with Gasteiger partial charge in [-0.05, 0) is 36.4 Å². The van der Waals surface area contributed by atoms with E-state index in [0.717, 1.165) is 0 Å². The minimum absolute atomic E-state index is 0.0769. The summed E-state index contributed by atoms with van der Waals surface area (Å²) < 4.78 is 32.0. The van der Waals surface area contributed by atoms with Gasteiger partial charge in [0.05, 0.1) is 5.56 Å². The van der Waals surface area contributed by atoms with Crippen LogP contribution in [0.5, 0.6) is 5.75 Å². The van der Waals surface area contributed by atoms with Gasteiger partial charge in [0.2, 0.25) is 0 Å². The van der Waals surface area contributed by atoms with Gasteiger partial charge in [-0.1, -0.05) is 18.2 Å². The zero-order valence-corrected chi connectivity index (χ0v) is 8.94. The maximum atomic E-state index is 13.7. The Labute approximate surface area is 97.6 Å². The van der Waals surface area contributed by atoms with Crippen LogP contribution in [0, 0.1) is 0 Å². The molecule has 2 nitrogen and oxygen atoms in total.